The molecule has 132 valence electrons. The Morgan fingerprint density at radius 3 is 2.32 bits per heavy atom. The lowest BCUT2D eigenvalue weighted by atomic mass is 10.1. The van der Waals surface area contributed by atoms with Gasteiger partial charge in [0.05, 0.1) is 17.7 Å². The maximum absolute atomic E-state index is 12.9. The van der Waals surface area contributed by atoms with Crippen molar-refractivity contribution < 1.29 is 32.2 Å². The van der Waals surface area contributed by atoms with Crippen molar-refractivity contribution in [2.24, 2.45) is 0 Å². The van der Waals surface area contributed by atoms with Crippen LogP contribution in [0.25, 0.3) is 0 Å². The van der Waals surface area contributed by atoms with Crippen LogP contribution < -0.4 is 4.74 Å². The van der Waals surface area contributed by atoms with Crippen LogP contribution in [0.1, 0.15) is 28.4 Å². The summed E-state index contributed by atoms with van der Waals surface area (Å²) in [5.74, 6) is -2.53. The molecule has 0 saturated heterocycles. The maximum Gasteiger partial charge on any atom is 0.416 e. The Kier molecular flexibility index (Phi) is 5.80. The van der Waals surface area contributed by atoms with Crippen LogP contribution in [0, 0.1) is 0 Å². The number of rotatable bonds is 6. The van der Waals surface area contributed by atoms with Gasteiger partial charge in [-0.2, -0.15) is 13.2 Å². The van der Waals surface area contributed by atoms with E-state index in [1.165, 1.54) is 6.92 Å². The van der Waals surface area contributed by atoms with E-state index < -0.39 is 29.1 Å². The molecule has 0 aliphatic rings. The summed E-state index contributed by atoms with van der Waals surface area (Å²) in [4.78, 5) is 23.7. The van der Waals surface area contributed by atoms with Crippen LogP contribution in [-0.2, 0) is 22.3 Å². The second kappa shape index (κ2) is 7.83. The standard InChI is InChI=1S/C18H15F3O4/c1-2-24-17(23)16(22)14-10-13(18(19,20)21)8-9-15(14)25-11-12-6-4-3-5-7-12/h3-10H,2,11H2,1H3. The van der Waals surface area contributed by atoms with Gasteiger partial charge in [0.2, 0.25) is 0 Å². The average Bonchev–Trinajstić information content (AvgIpc) is 2.59. The third kappa shape index (κ3) is 4.82. The molecule has 0 atom stereocenters. The van der Waals surface area contributed by atoms with Crippen molar-refractivity contribution in [1.29, 1.82) is 0 Å². The van der Waals surface area contributed by atoms with E-state index in [0.29, 0.717) is 6.07 Å². The Balaban J connectivity index is 2.33. The van der Waals surface area contributed by atoms with Gasteiger partial charge in [-0.1, -0.05) is 30.3 Å². The van der Waals surface area contributed by atoms with Crippen LogP contribution in [0.5, 0.6) is 5.75 Å². The van der Waals surface area contributed by atoms with Crippen molar-refractivity contribution in [3.63, 3.8) is 0 Å². The summed E-state index contributed by atoms with van der Waals surface area (Å²) in [6.45, 7) is 1.46. The fourth-order valence-corrected chi connectivity index (χ4v) is 2.05. The summed E-state index contributed by atoms with van der Waals surface area (Å²) in [6.07, 6.45) is -4.65. The molecule has 7 heteroatoms. The summed E-state index contributed by atoms with van der Waals surface area (Å²) in [5.41, 5.74) is -0.770. The summed E-state index contributed by atoms with van der Waals surface area (Å²) in [6, 6.07) is 11.3. The molecule has 0 fully saturated rings. The number of hydrogen-bond donors (Lipinski definition) is 0. The Hall–Kier alpha value is -2.83. The van der Waals surface area contributed by atoms with Crippen LogP contribution in [0.2, 0.25) is 0 Å². The fraction of sp³-hybridized carbons (Fsp3) is 0.222. The van der Waals surface area contributed by atoms with Crippen LogP contribution in [0.15, 0.2) is 48.5 Å². The van der Waals surface area contributed by atoms with E-state index in [4.69, 9.17) is 4.74 Å². The molecule has 0 aliphatic heterocycles. The third-order valence-electron chi connectivity index (χ3n) is 3.25. The molecule has 0 spiro atoms. The van der Waals surface area contributed by atoms with Crippen molar-refractivity contribution in [2.45, 2.75) is 19.7 Å². The number of carbonyl (C=O) groups is 2. The highest BCUT2D eigenvalue weighted by Crippen LogP contribution is 2.33. The van der Waals surface area contributed by atoms with E-state index in [2.05, 4.69) is 4.74 Å². The molecule has 0 N–H and O–H groups in total. The van der Waals surface area contributed by atoms with E-state index >= 15 is 0 Å². The zero-order chi connectivity index (χ0) is 18.4. The first kappa shape index (κ1) is 18.5. The molecule has 0 unspecified atom stereocenters. The Bertz CT molecular complexity index is 755. The van der Waals surface area contributed by atoms with Crippen molar-refractivity contribution >= 4 is 11.8 Å². The smallest absolute Gasteiger partial charge is 0.416 e. The van der Waals surface area contributed by atoms with Gasteiger partial charge in [-0.25, -0.2) is 4.79 Å². The van der Waals surface area contributed by atoms with E-state index in [1.807, 2.05) is 0 Å². The number of alkyl halides is 3. The zero-order valence-electron chi connectivity index (χ0n) is 13.3. The maximum atomic E-state index is 12.9. The van der Waals surface area contributed by atoms with Crippen LogP contribution in [0.3, 0.4) is 0 Å². The molecule has 2 aromatic carbocycles. The minimum atomic E-state index is -4.65. The average molecular weight is 352 g/mol. The van der Waals surface area contributed by atoms with E-state index in [-0.39, 0.29) is 19.0 Å². The summed E-state index contributed by atoms with van der Waals surface area (Å²) in [5, 5.41) is 0. The van der Waals surface area contributed by atoms with Gasteiger partial charge in [0.25, 0.3) is 5.78 Å². The lowest BCUT2D eigenvalue weighted by molar-refractivity contribution is -0.139. The second-order valence-corrected chi connectivity index (χ2v) is 5.03. The number of ether oxygens (including phenoxy) is 2. The molecule has 2 aromatic rings. The molecule has 0 radical (unpaired) electrons. The Morgan fingerprint density at radius 1 is 1.04 bits per heavy atom. The Labute approximate surface area is 142 Å². The molecular weight excluding hydrogens is 337 g/mol. The fourth-order valence-electron chi connectivity index (χ4n) is 2.05. The molecule has 0 aliphatic carbocycles. The molecule has 2 rings (SSSR count). The van der Waals surface area contributed by atoms with Crippen LogP contribution in [-0.4, -0.2) is 18.4 Å². The quantitative estimate of drug-likeness (QED) is 0.447. The normalized spacial score (nSPS) is 11.0. The number of ketones is 1. The van der Waals surface area contributed by atoms with Gasteiger partial charge in [0, 0.05) is 0 Å². The lowest BCUT2D eigenvalue weighted by Crippen LogP contribution is -2.19. The number of carbonyl (C=O) groups excluding carboxylic acids is 2. The molecular formula is C18H15F3O4. The van der Waals surface area contributed by atoms with Gasteiger partial charge in [0.15, 0.2) is 0 Å². The molecule has 0 heterocycles. The summed E-state index contributed by atoms with van der Waals surface area (Å²) >= 11 is 0. The number of benzene rings is 2. The van der Waals surface area contributed by atoms with Crippen molar-refractivity contribution in [1.82, 2.24) is 0 Å². The van der Waals surface area contributed by atoms with Crippen molar-refractivity contribution in [3.8, 4) is 5.75 Å². The van der Waals surface area contributed by atoms with Gasteiger partial charge in [-0.05, 0) is 30.7 Å². The zero-order valence-corrected chi connectivity index (χ0v) is 13.3. The van der Waals surface area contributed by atoms with E-state index in [1.54, 1.807) is 30.3 Å². The van der Waals surface area contributed by atoms with Crippen molar-refractivity contribution in [2.75, 3.05) is 6.61 Å². The minimum Gasteiger partial charge on any atom is -0.488 e. The van der Waals surface area contributed by atoms with Gasteiger partial charge in [-0.3, -0.25) is 4.79 Å². The van der Waals surface area contributed by atoms with Gasteiger partial charge in [-0.15, -0.1) is 0 Å². The van der Waals surface area contributed by atoms with Gasteiger partial charge in [0.1, 0.15) is 12.4 Å². The lowest BCUT2D eigenvalue weighted by Gasteiger charge is -2.13. The highest BCUT2D eigenvalue weighted by atomic mass is 19.4. The second-order valence-electron chi connectivity index (χ2n) is 5.03. The van der Waals surface area contributed by atoms with Crippen LogP contribution >= 0.6 is 0 Å². The van der Waals surface area contributed by atoms with E-state index in [9.17, 15) is 22.8 Å². The highest BCUT2D eigenvalue weighted by molar-refractivity contribution is 6.41. The monoisotopic (exact) mass is 352 g/mol. The molecule has 0 saturated carbocycles. The van der Waals surface area contributed by atoms with E-state index in [0.717, 1.165) is 17.7 Å². The topological polar surface area (TPSA) is 52.6 Å². The van der Waals surface area contributed by atoms with Crippen LogP contribution in [0.4, 0.5) is 13.2 Å². The predicted molar refractivity (Wildman–Crippen MR) is 83.2 cm³/mol. The number of esters is 1. The first-order valence-electron chi connectivity index (χ1n) is 7.42. The summed E-state index contributed by atoms with van der Waals surface area (Å²) < 4.78 is 48.7. The van der Waals surface area contributed by atoms with Gasteiger partial charge >= 0.3 is 12.1 Å². The third-order valence-corrected chi connectivity index (χ3v) is 3.25. The first-order chi connectivity index (χ1) is 11.8. The number of halogens is 3. The van der Waals surface area contributed by atoms with Crippen molar-refractivity contribution in [3.05, 3.63) is 65.2 Å². The number of Topliss-reactive ketones (excluding diaryl/α,β-unsaturated/α-hetero) is 1. The molecule has 25 heavy (non-hydrogen) atoms. The molecule has 0 amide bonds. The number of hydrogen-bond acceptors (Lipinski definition) is 4. The largest absolute Gasteiger partial charge is 0.488 e. The highest BCUT2D eigenvalue weighted by Gasteiger charge is 2.33. The molecule has 0 bridgehead atoms. The summed E-state index contributed by atoms with van der Waals surface area (Å²) in [7, 11) is 0. The first-order valence-corrected chi connectivity index (χ1v) is 7.42. The predicted octanol–water partition coefficient (Wildman–Crippen LogP) is 4.03. The SMILES string of the molecule is CCOC(=O)C(=O)c1cc(C(F)(F)F)ccc1OCc1ccccc1. The molecule has 4 nitrogen and oxygen atoms in total. The van der Waals surface area contributed by atoms with Gasteiger partial charge < -0.3 is 9.47 Å². The Morgan fingerprint density at radius 2 is 1.72 bits per heavy atom. The molecule has 0 aromatic heterocycles. The minimum absolute atomic E-state index is 0.0370.